The van der Waals surface area contributed by atoms with Crippen LogP contribution in [0.5, 0.6) is 5.75 Å². The lowest BCUT2D eigenvalue weighted by atomic mass is 10.0. The van der Waals surface area contributed by atoms with Crippen LogP contribution in [0.3, 0.4) is 0 Å². The first-order chi connectivity index (χ1) is 8.86. The Kier molecular flexibility index (Phi) is 4.56. The SMILES string of the molecule is COCCCOc1ccc2ccccc2c1CN. The second-order valence-electron chi connectivity index (χ2n) is 4.16. The molecule has 2 aromatic rings. The predicted molar refractivity (Wildman–Crippen MR) is 73.8 cm³/mol. The smallest absolute Gasteiger partial charge is 0.124 e. The Bertz CT molecular complexity index is 511. The van der Waals surface area contributed by atoms with Crippen molar-refractivity contribution in [3.8, 4) is 5.75 Å². The highest BCUT2D eigenvalue weighted by Gasteiger charge is 2.06. The van der Waals surface area contributed by atoms with Crippen LogP contribution in [-0.4, -0.2) is 20.3 Å². The van der Waals surface area contributed by atoms with Crippen LogP contribution >= 0.6 is 0 Å². The third-order valence-corrected chi connectivity index (χ3v) is 2.95. The van der Waals surface area contributed by atoms with Crippen molar-refractivity contribution >= 4 is 10.8 Å². The molecule has 0 aromatic heterocycles. The summed E-state index contributed by atoms with van der Waals surface area (Å²) in [5, 5.41) is 2.37. The van der Waals surface area contributed by atoms with Crippen molar-refractivity contribution in [2.24, 2.45) is 5.73 Å². The third kappa shape index (κ3) is 2.81. The van der Waals surface area contributed by atoms with Crippen molar-refractivity contribution in [1.82, 2.24) is 0 Å². The van der Waals surface area contributed by atoms with E-state index >= 15 is 0 Å². The Balaban J connectivity index is 2.22. The molecule has 18 heavy (non-hydrogen) atoms. The van der Waals surface area contributed by atoms with E-state index in [9.17, 15) is 0 Å². The minimum Gasteiger partial charge on any atom is -0.493 e. The molecule has 2 aromatic carbocycles. The summed E-state index contributed by atoms with van der Waals surface area (Å²) in [6.45, 7) is 1.85. The monoisotopic (exact) mass is 245 g/mol. The van der Waals surface area contributed by atoms with E-state index < -0.39 is 0 Å². The summed E-state index contributed by atoms with van der Waals surface area (Å²) in [4.78, 5) is 0. The molecule has 0 saturated carbocycles. The first-order valence-corrected chi connectivity index (χ1v) is 6.19. The minimum absolute atomic E-state index is 0.487. The summed E-state index contributed by atoms with van der Waals surface area (Å²) in [5.41, 5.74) is 6.92. The van der Waals surface area contributed by atoms with E-state index in [1.807, 2.05) is 18.2 Å². The molecule has 0 radical (unpaired) electrons. The topological polar surface area (TPSA) is 44.5 Å². The molecule has 0 saturated heterocycles. The largest absolute Gasteiger partial charge is 0.493 e. The molecule has 2 rings (SSSR count). The molecule has 0 unspecified atom stereocenters. The summed E-state index contributed by atoms with van der Waals surface area (Å²) in [6, 6.07) is 12.3. The number of hydrogen-bond donors (Lipinski definition) is 1. The highest BCUT2D eigenvalue weighted by Crippen LogP contribution is 2.27. The summed E-state index contributed by atoms with van der Waals surface area (Å²) in [6.07, 6.45) is 0.882. The van der Waals surface area contributed by atoms with Crippen molar-refractivity contribution in [2.45, 2.75) is 13.0 Å². The van der Waals surface area contributed by atoms with Crippen molar-refractivity contribution in [2.75, 3.05) is 20.3 Å². The van der Waals surface area contributed by atoms with Gasteiger partial charge in [0.15, 0.2) is 0 Å². The quantitative estimate of drug-likeness (QED) is 0.796. The molecule has 3 nitrogen and oxygen atoms in total. The second-order valence-corrected chi connectivity index (χ2v) is 4.16. The van der Waals surface area contributed by atoms with Gasteiger partial charge < -0.3 is 15.2 Å². The van der Waals surface area contributed by atoms with Gasteiger partial charge in [-0.1, -0.05) is 30.3 Å². The van der Waals surface area contributed by atoms with E-state index in [4.69, 9.17) is 15.2 Å². The molecule has 0 heterocycles. The Morgan fingerprint density at radius 2 is 1.89 bits per heavy atom. The molecule has 0 amide bonds. The van der Waals surface area contributed by atoms with Crippen LogP contribution in [0.25, 0.3) is 10.8 Å². The molecule has 0 bridgehead atoms. The first kappa shape index (κ1) is 12.9. The van der Waals surface area contributed by atoms with Crippen LogP contribution in [0, 0.1) is 0 Å². The number of nitrogens with two attached hydrogens (primary N) is 1. The van der Waals surface area contributed by atoms with Gasteiger partial charge in [-0.15, -0.1) is 0 Å². The van der Waals surface area contributed by atoms with Crippen LogP contribution < -0.4 is 10.5 Å². The standard InChI is InChI=1S/C15H19NO2/c1-17-9-4-10-18-15-8-7-12-5-2-3-6-13(12)14(15)11-16/h2-3,5-8H,4,9-11,16H2,1H3. The molecular formula is C15H19NO2. The lowest BCUT2D eigenvalue weighted by molar-refractivity contribution is 0.172. The average molecular weight is 245 g/mol. The van der Waals surface area contributed by atoms with Gasteiger partial charge in [0.2, 0.25) is 0 Å². The number of hydrogen-bond acceptors (Lipinski definition) is 3. The van der Waals surface area contributed by atoms with Gasteiger partial charge in [-0.25, -0.2) is 0 Å². The van der Waals surface area contributed by atoms with E-state index in [-0.39, 0.29) is 0 Å². The number of rotatable bonds is 6. The second kappa shape index (κ2) is 6.38. The number of ether oxygens (including phenoxy) is 2. The maximum absolute atomic E-state index is 5.84. The zero-order chi connectivity index (χ0) is 12.8. The van der Waals surface area contributed by atoms with Crippen LogP contribution in [-0.2, 0) is 11.3 Å². The van der Waals surface area contributed by atoms with Crippen LogP contribution in [0.1, 0.15) is 12.0 Å². The number of fused-ring (bicyclic) bond motifs is 1. The van der Waals surface area contributed by atoms with Crippen LogP contribution in [0.15, 0.2) is 36.4 Å². The van der Waals surface area contributed by atoms with Gasteiger partial charge in [-0.05, 0) is 16.8 Å². The molecule has 2 N–H and O–H groups in total. The Hall–Kier alpha value is -1.58. The highest BCUT2D eigenvalue weighted by molar-refractivity contribution is 5.87. The molecule has 0 aliphatic rings. The summed E-state index contributed by atoms with van der Waals surface area (Å²) >= 11 is 0. The van der Waals surface area contributed by atoms with Crippen molar-refractivity contribution in [3.63, 3.8) is 0 Å². The van der Waals surface area contributed by atoms with Gasteiger partial charge in [-0.3, -0.25) is 0 Å². The summed E-state index contributed by atoms with van der Waals surface area (Å²) in [7, 11) is 1.70. The van der Waals surface area contributed by atoms with E-state index in [1.165, 1.54) is 10.8 Å². The molecule has 3 heteroatoms. The maximum atomic E-state index is 5.84. The molecular weight excluding hydrogens is 226 g/mol. The van der Waals surface area contributed by atoms with E-state index in [2.05, 4.69) is 18.2 Å². The molecule has 0 spiro atoms. The number of benzene rings is 2. The summed E-state index contributed by atoms with van der Waals surface area (Å²) < 4.78 is 10.8. The Morgan fingerprint density at radius 1 is 1.06 bits per heavy atom. The Morgan fingerprint density at radius 3 is 2.67 bits per heavy atom. The fraction of sp³-hybridized carbons (Fsp3) is 0.333. The molecule has 0 atom stereocenters. The number of methoxy groups -OCH3 is 1. The highest BCUT2D eigenvalue weighted by atomic mass is 16.5. The minimum atomic E-state index is 0.487. The molecule has 0 fully saturated rings. The lowest BCUT2D eigenvalue weighted by Crippen LogP contribution is -2.06. The molecule has 96 valence electrons. The van der Waals surface area contributed by atoms with Gasteiger partial charge in [-0.2, -0.15) is 0 Å². The Labute approximate surface area is 108 Å². The van der Waals surface area contributed by atoms with Crippen LogP contribution in [0.2, 0.25) is 0 Å². The third-order valence-electron chi connectivity index (χ3n) is 2.95. The molecule has 0 aliphatic heterocycles. The summed E-state index contributed by atoms with van der Waals surface area (Å²) in [5.74, 6) is 0.882. The normalized spacial score (nSPS) is 10.8. The van der Waals surface area contributed by atoms with E-state index in [0.29, 0.717) is 19.8 Å². The van der Waals surface area contributed by atoms with Gasteiger partial charge in [0.1, 0.15) is 5.75 Å². The zero-order valence-electron chi connectivity index (χ0n) is 10.7. The first-order valence-electron chi connectivity index (χ1n) is 6.19. The lowest BCUT2D eigenvalue weighted by Gasteiger charge is -2.12. The van der Waals surface area contributed by atoms with E-state index in [0.717, 1.165) is 17.7 Å². The van der Waals surface area contributed by atoms with Gasteiger partial charge in [0.05, 0.1) is 6.61 Å². The van der Waals surface area contributed by atoms with Gasteiger partial charge in [0.25, 0.3) is 0 Å². The van der Waals surface area contributed by atoms with Crippen molar-refractivity contribution < 1.29 is 9.47 Å². The van der Waals surface area contributed by atoms with Crippen molar-refractivity contribution in [3.05, 3.63) is 42.0 Å². The van der Waals surface area contributed by atoms with Gasteiger partial charge >= 0.3 is 0 Å². The predicted octanol–water partition coefficient (Wildman–Crippen LogP) is 2.71. The van der Waals surface area contributed by atoms with E-state index in [1.54, 1.807) is 7.11 Å². The fourth-order valence-electron chi connectivity index (χ4n) is 2.05. The fourth-order valence-corrected chi connectivity index (χ4v) is 2.05. The molecule has 0 aliphatic carbocycles. The average Bonchev–Trinajstić information content (AvgIpc) is 2.43. The van der Waals surface area contributed by atoms with Gasteiger partial charge in [0, 0.05) is 32.2 Å². The van der Waals surface area contributed by atoms with Crippen LogP contribution in [0.4, 0.5) is 0 Å². The zero-order valence-corrected chi connectivity index (χ0v) is 10.7. The van der Waals surface area contributed by atoms with Crippen molar-refractivity contribution in [1.29, 1.82) is 0 Å². The maximum Gasteiger partial charge on any atom is 0.124 e.